The van der Waals surface area contributed by atoms with Crippen LogP contribution in [0, 0.1) is 5.92 Å². The van der Waals surface area contributed by atoms with E-state index >= 15 is 0 Å². The largest absolute Gasteiger partial charge is 0.341 e. The predicted octanol–water partition coefficient (Wildman–Crippen LogP) is 3.89. The summed E-state index contributed by atoms with van der Waals surface area (Å²) in [7, 11) is 0. The average Bonchev–Trinajstić information content (AvgIpc) is 2.78. The Kier molecular flexibility index (Phi) is 4.19. The average molecular weight is 308 g/mol. The number of halogens is 1. The fourth-order valence-electron chi connectivity index (χ4n) is 1.96. The normalized spacial score (nSPS) is 12.9. The Morgan fingerprint density at radius 3 is 2.72 bits per heavy atom. The standard InChI is InChI=1S/C14H18BrN3/c1-9(2)7-12(16)14-17-8-13(18-14)10-5-3-4-6-11(10)15/h3-6,8-9,12H,7,16H2,1-2H3,(H,17,18). The molecule has 3 nitrogen and oxygen atoms in total. The van der Waals surface area contributed by atoms with Crippen LogP contribution in [-0.2, 0) is 0 Å². The zero-order valence-electron chi connectivity index (χ0n) is 10.7. The van der Waals surface area contributed by atoms with Crippen molar-refractivity contribution in [3.63, 3.8) is 0 Å². The van der Waals surface area contributed by atoms with E-state index < -0.39 is 0 Å². The summed E-state index contributed by atoms with van der Waals surface area (Å²) >= 11 is 3.54. The number of H-pyrrole nitrogens is 1. The van der Waals surface area contributed by atoms with Crippen LogP contribution in [0.3, 0.4) is 0 Å². The van der Waals surface area contributed by atoms with E-state index in [1.165, 1.54) is 0 Å². The van der Waals surface area contributed by atoms with Crippen LogP contribution in [0.4, 0.5) is 0 Å². The Bertz CT molecular complexity index is 519. The summed E-state index contributed by atoms with van der Waals surface area (Å²) in [5.41, 5.74) is 8.22. The molecule has 0 bridgehead atoms. The number of hydrogen-bond acceptors (Lipinski definition) is 2. The molecular formula is C14H18BrN3. The Morgan fingerprint density at radius 2 is 2.06 bits per heavy atom. The first kappa shape index (κ1) is 13.3. The first-order valence-electron chi connectivity index (χ1n) is 6.13. The maximum Gasteiger partial charge on any atom is 0.123 e. The van der Waals surface area contributed by atoms with E-state index in [0.717, 1.165) is 28.0 Å². The van der Waals surface area contributed by atoms with Crippen molar-refractivity contribution in [3.8, 4) is 11.3 Å². The highest BCUT2D eigenvalue weighted by molar-refractivity contribution is 9.10. The lowest BCUT2D eigenvalue weighted by molar-refractivity contribution is 0.496. The number of benzene rings is 1. The lowest BCUT2D eigenvalue weighted by atomic mass is 10.0. The molecule has 3 N–H and O–H groups in total. The first-order valence-corrected chi connectivity index (χ1v) is 6.92. The van der Waals surface area contributed by atoms with Crippen molar-refractivity contribution in [1.82, 2.24) is 9.97 Å². The molecule has 2 rings (SSSR count). The van der Waals surface area contributed by atoms with E-state index in [-0.39, 0.29) is 6.04 Å². The van der Waals surface area contributed by atoms with Crippen LogP contribution >= 0.6 is 15.9 Å². The molecule has 1 aromatic heterocycles. The van der Waals surface area contributed by atoms with Crippen molar-refractivity contribution < 1.29 is 0 Å². The van der Waals surface area contributed by atoms with E-state index in [0.29, 0.717) is 5.92 Å². The molecule has 1 unspecified atom stereocenters. The fourth-order valence-corrected chi connectivity index (χ4v) is 2.46. The van der Waals surface area contributed by atoms with Gasteiger partial charge in [0.15, 0.2) is 0 Å². The van der Waals surface area contributed by atoms with E-state index in [1.807, 2.05) is 24.4 Å². The molecule has 0 amide bonds. The van der Waals surface area contributed by atoms with Crippen LogP contribution in [0.15, 0.2) is 34.9 Å². The van der Waals surface area contributed by atoms with Crippen molar-refractivity contribution in [2.45, 2.75) is 26.3 Å². The van der Waals surface area contributed by atoms with Crippen LogP contribution in [0.1, 0.15) is 32.1 Å². The highest BCUT2D eigenvalue weighted by atomic mass is 79.9. The third-order valence-corrected chi connectivity index (χ3v) is 3.53. The number of hydrogen-bond donors (Lipinski definition) is 2. The van der Waals surface area contributed by atoms with E-state index in [2.05, 4.69) is 45.8 Å². The van der Waals surface area contributed by atoms with E-state index in [1.54, 1.807) is 0 Å². The smallest absolute Gasteiger partial charge is 0.123 e. The Balaban J connectivity index is 2.23. The number of nitrogens with zero attached hydrogens (tertiary/aromatic N) is 1. The molecule has 0 aliphatic carbocycles. The molecule has 1 heterocycles. The van der Waals surface area contributed by atoms with Crippen molar-refractivity contribution in [1.29, 1.82) is 0 Å². The number of rotatable bonds is 4. The van der Waals surface area contributed by atoms with Gasteiger partial charge in [0, 0.05) is 10.0 Å². The highest BCUT2D eigenvalue weighted by Gasteiger charge is 2.13. The van der Waals surface area contributed by atoms with Crippen molar-refractivity contribution in [2.75, 3.05) is 0 Å². The maximum atomic E-state index is 6.12. The first-order chi connectivity index (χ1) is 8.58. The van der Waals surface area contributed by atoms with Gasteiger partial charge in [-0.05, 0) is 18.4 Å². The van der Waals surface area contributed by atoms with E-state index in [4.69, 9.17) is 5.73 Å². The Labute approximate surface area is 116 Å². The van der Waals surface area contributed by atoms with Gasteiger partial charge in [-0.25, -0.2) is 4.98 Å². The molecule has 0 aliphatic heterocycles. The summed E-state index contributed by atoms with van der Waals surface area (Å²) in [6.45, 7) is 4.33. The minimum absolute atomic E-state index is 0.0266. The van der Waals surface area contributed by atoms with Crippen LogP contribution in [-0.4, -0.2) is 9.97 Å². The molecule has 1 atom stereocenters. The molecule has 0 aliphatic rings. The van der Waals surface area contributed by atoms with Crippen LogP contribution in [0.25, 0.3) is 11.3 Å². The summed E-state index contributed by atoms with van der Waals surface area (Å²) in [6.07, 6.45) is 2.78. The molecule has 0 radical (unpaired) electrons. The van der Waals surface area contributed by atoms with Gasteiger partial charge < -0.3 is 10.7 Å². The number of aromatic amines is 1. The summed E-state index contributed by atoms with van der Waals surface area (Å²) in [4.78, 5) is 7.69. The molecule has 0 fully saturated rings. The van der Waals surface area contributed by atoms with E-state index in [9.17, 15) is 0 Å². The summed E-state index contributed by atoms with van der Waals surface area (Å²) in [5.74, 6) is 1.42. The van der Waals surface area contributed by atoms with Crippen molar-refractivity contribution in [3.05, 3.63) is 40.8 Å². The summed E-state index contributed by atoms with van der Waals surface area (Å²) < 4.78 is 1.05. The highest BCUT2D eigenvalue weighted by Crippen LogP contribution is 2.27. The molecule has 1 aromatic carbocycles. The van der Waals surface area contributed by atoms with Crippen LogP contribution < -0.4 is 5.73 Å². The molecule has 0 spiro atoms. The third-order valence-electron chi connectivity index (χ3n) is 2.84. The minimum atomic E-state index is -0.0266. The van der Waals surface area contributed by atoms with Gasteiger partial charge in [0.25, 0.3) is 0 Å². The summed E-state index contributed by atoms with van der Waals surface area (Å²) in [5, 5.41) is 0. The number of imidazole rings is 1. The molecular weight excluding hydrogens is 290 g/mol. The lowest BCUT2D eigenvalue weighted by Crippen LogP contribution is -2.14. The zero-order chi connectivity index (χ0) is 13.1. The van der Waals surface area contributed by atoms with Gasteiger partial charge in [-0.2, -0.15) is 0 Å². The summed E-state index contributed by atoms with van der Waals surface area (Å²) in [6, 6.07) is 8.05. The topological polar surface area (TPSA) is 54.7 Å². The Hall–Kier alpha value is -1.13. The third kappa shape index (κ3) is 3.00. The lowest BCUT2D eigenvalue weighted by Gasteiger charge is -2.11. The van der Waals surface area contributed by atoms with Gasteiger partial charge in [0.2, 0.25) is 0 Å². The zero-order valence-corrected chi connectivity index (χ0v) is 12.2. The predicted molar refractivity (Wildman–Crippen MR) is 78.1 cm³/mol. The van der Waals surface area contributed by atoms with Crippen LogP contribution in [0.5, 0.6) is 0 Å². The van der Waals surface area contributed by atoms with Gasteiger partial charge in [0.05, 0.1) is 17.9 Å². The molecule has 4 heteroatoms. The molecule has 0 saturated carbocycles. The van der Waals surface area contributed by atoms with Gasteiger partial charge in [-0.3, -0.25) is 0 Å². The minimum Gasteiger partial charge on any atom is -0.341 e. The second-order valence-electron chi connectivity index (χ2n) is 4.90. The van der Waals surface area contributed by atoms with Gasteiger partial charge in [-0.1, -0.05) is 48.0 Å². The maximum absolute atomic E-state index is 6.12. The van der Waals surface area contributed by atoms with Gasteiger partial charge >= 0.3 is 0 Å². The second-order valence-corrected chi connectivity index (χ2v) is 5.75. The van der Waals surface area contributed by atoms with Crippen molar-refractivity contribution >= 4 is 15.9 Å². The second kappa shape index (κ2) is 5.67. The number of nitrogens with one attached hydrogen (secondary N) is 1. The number of aromatic nitrogens is 2. The SMILES string of the molecule is CC(C)CC(N)c1ncc(-c2ccccc2Br)[nH]1. The van der Waals surface area contributed by atoms with Crippen molar-refractivity contribution in [2.24, 2.45) is 11.7 Å². The number of nitrogens with two attached hydrogens (primary N) is 1. The monoisotopic (exact) mass is 307 g/mol. The fraction of sp³-hybridized carbons (Fsp3) is 0.357. The van der Waals surface area contributed by atoms with Gasteiger partial charge in [-0.15, -0.1) is 0 Å². The van der Waals surface area contributed by atoms with Gasteiger partial charge in [0.1, 0.15) is 5.82 Å². The Morgan fingerprint density at radius 1 is 1.33 bits per heavy atom. The quantitative estimate of drug-likeness (QED) is 0.900. The van der Waals surface area contributed by atoms with Crippen LogP contribution in [0.2, 0.25) is 0 Å². The molecule has 96 valence electrons. The molecule has 0 saturated heterocycles. The molecule has 18 heavy (non-hydrogen) atoms. The molecule has 2 aromatic rings.